The van der Waals surface area contributed by atoms with Crippen LogP contribution in [0.3, 0.4) is 0 Å². The second-order valence-electron chi connectivity index (χ2n) is 5.58. The van der Waals surface area contributed by atoms with Gasteiger partial charge < -0.3 is 4.74 Å². The minimum atomic E-state index is -0.244. The van der Waals surface area contributed by atoms with Gasteiger partial charge in [-0.2, -0.15) is 0 Å². The maximum Gasteiger partial charge on any atom is 0.140 e. The second kappa shape index (κ2) is 5.29. The van der Waals surface area contributed by atoms with Crippen LogP contribution >= 0.6 is 11.3 Å². The third kappa shape index (κ3) is 3.53. The normalized spacial score (nSPS) is 11.6. The fourth-order valence-corrected chi connectivity index (χ4v) is 2.46. The first-order valence-corrected chi connectivity index (χ1v) is 7.08. The first-order chi connectivity index (χ1) is 8.86. The standard InChI is InChI=1S/C15H18FNOS/c1-10-5-6-11(7-12(10)16)18-8-14-17-13(9-19-14)15(2,3)4/h5-7,9H,8H2,1-4H3. The lowest BCUT2D eigenvalue weighted by Crippen LogP contribution is -2.11. The third-order valence-corrected chi connectivity index (χ3v) is 3.65. The molecule has 0 spiro atoms. The van der Waals surface area contributed by atoms with Crippen molar-refractivity contribution in [1.82, 2.24) is 4.98 Å². The van der Waals surface area contributed by atoms with Crippen LogP contribution < -0.4 is 4.74 Å². The van der Waals surface area contributed by atoms with E-state index in [4.69, 9.17) is 4.74 Å². The van der Waals surface area contributed by atoms with Gasteiger partial charge in [-0.15, -0.1) is 11.3 Å². The van der Waals surface area contributed by atoms with E-state index in [2.05, 4.69) is 31.1 Å². The Morgan fingerprint density at radius 3 is 2.63 bits per heavy atom. The summed E-state index contributed by atoms with van der Waals surface area (Å²) in [6, 6.07) is 4.90. The molecule has 1 heterocycles. The average Bonchev–Trinajstić information content (AvgIpc) is 2.79. The van der Waals surface area contributed by atoms with Crippen LogP contribution in [0.25, 0.3) is 0 Å². The van der Waals surface area contributed by atoms with Crippen LogP contribution in [0.2, 0.25) is 0 Å². The summed E-state index contributed by atoms with van der Waals surface area (Å²) in [4.78, 5) is 4.54. The van der Waals surface area contributed by atoms with E-state index in [-0.39, 0.29) is 11.2 Å². The molecule has 4 heteroatoms. The van der Waals surface area contributed by atoms with E-state index in [1.165, 1.54) is 6.07 Å². The Morgan fingerprint density at radius 1 is 1.32 bits per heavy atom. The highest BCUT2D eigenvalue weighted by Crippen LogP contribution is 2.25. The molecule has 0 saturated heterocycles. The molecule has 0 amide bonds. The molecule has 2 rings (SSSR count). The van der Waals surface area contributed by atoms with E-state index < -0.39 is 0 Å². The number of ether oxygens (including phenoxy) is 1. The monoisotopic (exact) mass is 279 g/mol. The van der Waals surface area contributed by atoms with E-state index in [0.29, 0.717) is 17.9 Å². The van der Waals surface area contributed by atoms with Crippen LogP contribution in [-0.2, 0) is 12.0 Å². The molecule has 0 saturated carbocycles. The van der Waals surface area contributed by atoms with Gasteiger partial charge in [0.05, 0.1) is 5.69 Å². The van der Waals surface area contributed by atoms with Crippen LogP contribution in [0.4, 0.5) is 4.39 Å². The Balaban J connectivity index is 2.02. The Kier molecular flexibility index (Phi) is 3.90. The topological polar surface area (TPSA) is 22.1 Å². The van der Waals surface area contributed by atoms with Crippen LogP contribution in [-0.4, -0.2) is 4.98 Å². The molecule has 0 unspecified atom stereocenters. The lowest BCUT2D eigenvalue weighted by Gasteiger charge is -2.14. The first-order valence-electron chi connectivity index (χ1n) is 6.20. The highest BCUT2D eigenvalue weighted by molar-refractivity contribution is 7.09. The summed E-state index contributed by atoms with van der Waals surface area (Å²) in [6.07, 6.45) is 0. The molecular weight excluding hydrogens is 261 g/mol. The highest BCUT2D eigenvalue weighted by atomic mass is 32.1. The summed E-state index contributed by atoms with van der Waals surface area (Å²) in [5.41, 5.74) is 1.73. The first kappa shape index (κ1) is 14.0. The number of hydrogen-bond acceptors (Lipinski definition) is 3. The highest BCUT2D eigenvalue weighted by Gasteiger charge is 2.17. The maximum atomic E-state index is 13.4. The SMILES string of the molecule is Cc1ccc(OCc2nc(C(C)(C)C)cs2)cc1F. The van der Waals surface area contributed by atoms with Crippen LogP contribution in [0.15, 0.2) is 23.6 Å². The second-order valence-corrected chi connectivity index (χ2v) is 6.52. The van der Waals surface area contributed by atoms with Gasteiger partial charge in [0, 0.05) is 16.9 Å². The maximum absolute atomic E-state index is 13.4. The molecule has 0 aliphatic heterocycles. The molecule has 1 aromatic carbocycles. The van der Waals surface area contributed by atoms with Gasteiger partial charge in [0.1, 0.15) is 23.2 Å². The van der Waals surface area contributed by atoms with Crippen LogP contribution in [0.1, 0.15) is 37.0 Å². The summed E-state index contributed by atoms with van der Waals surface area (Å²) in [7, 11) is 0. The van der Waals surface area contributed by atoms with Gasteiger partial charge in [0.15, 0.2) is 0 Å². The molecule has 0 N–H and O–H groups in total. The molecule has 0 fully saturated rings. The van der Waals surface area contributed by atoms with E-state index in [9.17, 15) is 4.39 Å². The fourth-order valence-electron chi connectivity index (χ4n) is 1.53. The minimum Gasteiger partial charge on any atom is -0.486 e. The largest absolute Gasteiger partial charge is 0.486 e. The van der Waals surface area contributed by atoms with E-state index in [0.717, 1.165) is 10.7 Å². The van der Waals surface area contributed by atoms with Crippen molar-refractivity contribution in [3.63, 3.8) is 0 Å². The lowest BCUT2D eigenvalue weighted by molar-refractivity contribution is 0.303. The number of aryl methyl sites for hydroxylation is 1. The molecule has 0 bridgehead atoms. The molecule has 0 aliphatic rings. The molecule has 2 nitrogen and oxygen atoms in total. The van der Waals surface area contributed by atoms with Gasteiger partial charge in [-0.3, -0.25) is 0 Å². The summed E-state index contributed by atoms with van der Waals surface area (Å²) in [6.45, 7) is 8.49. The molecule has 0 radical (unpaired) electrons. The zero-order valence-electron chi connectivity index (χ0n) is 11.7. The van der Waals surface area contributed by atoms with Crippen molar-refractivity contribution in [3.8, 4) is 5.75 Å². The molecule has 0 aliphatic carbocycles. The smallest absolute Gasteiger partial charge is 0.140 e. The number of benzene rings is 1. The quantitative estimate of drug-likeness (QED) is 0.827. The molecular formula is C15H18FNOS. The molecule has 0 atom stereocenters. The zero-order chi connectivity index (χ0) is 14.0. The summed E-state index contributed by atoms with van der Waals surface area (Å²) < 4.78 is 18.9. The van der Waals surface area contributed by atoms with E-state index in [1.54, 1.807) is 30.4 Å². The fraction of sp³-hybridized carbons (Fsp3) is 0.400. The van der Waals surface area contributed by atoms with Gasteiger partial charge in [-0.1, -0.05) is 26.8 Å². The number of rotatable bonds is 3. The van der Waals surface area contributed by atoms with Crippen molar-refractivity contribution >= 4 is 11.3 Å². The van der Waals surface area contributed by atoms with Crippen molar-refractivity contribution in [2.45, 2.75) is 39.7 Å². The molecule has 2 aromatic rings. The minimum absolute atomic E-state index is 0.0463. The molecule has 19 heavy (non-hydrogen) atoms. The number of nitrogens with zero attached hydrogens (tertiary/aromatic N) is 1. The lowest BCUT2D eigenvalue weighted by atomic mass is 9.93. The molecule has 102 valence electrons. The van der Waals surface area contributed by atoms with Crippen molar-refractivity contribution in [3.05, 3.63) is 45.7 Å². The predicted octanol–water partition coefficient (Wildman–Crippen LogP) is 4.47. The number of hydrogen-bond donors (Lipinski definition) is 0. The van der Waals surface area contributed by atoms with Gasteiger partial charge in [-0.05, 0) is 18.6 Å². The average molecular weight is 279 g/mol. The Hall–Kier alpha value is -1.42. The van der Waals surface area contributed by atoms with Crippen molar-refractivity contribution < 1.29 is 9.13 Å². The Labute approximate surface area is 117 Å². The van der Waals surface area contributed by atoms with Crippen LogP contribution in [0, 0.1) is 12.7 Å². The Bertz CT molecular complexity index is 572. The van der Waals surface area contributed by atoms with Gasteiger partial charge in [0.2, 0.25) is 0 Å². The van der Waals surface area contributed by atoms with Gasteiger partial charge in [0.25, 0.3) is 0 Å². The van der Waals surface area contributed by atoms with Crippen molar-refractivity contribution in [1.29, 1.82) is 0 Å². The van der Waals surface area contributed by atoms with Gasteiger partial charge >= 0.3 is 0 Å². The van der Waals surface area contributed by atoms with E-state index >= 15 is 0 Å². The summed E-state index contributed by atoms with van der Waals surface area (Å²) >= 11 is 1.57. The van der Waals surface area contributed by atoms with E-state index in [1.807, 2.05) is 0 Å². The number of aromatic nitrogens is 1. The van der Waals surface area contributed by atoms with Crippen LogP contribution in [0.5, 0.6) is 5.75 Å². The third-order valence-electron chi connectivity index (χ3n) is 2.83. The zero-order valence-corrected chi connectivity index (χ0v) is 12.5. The summed E-state index contributed by atoms with van der Waals surface area (Å²) in [5.74, 6) is 0.294. The number of thiazole rings is 1. The van der Waals surface area contributed by atoms with Gasteiger partial charge in [-0.25, -0.2) is 9.37 Å². The summed E-state index contributed by atoms with van der Waals surface area (Å²) in [5, 5.41) is 2.96. The van der Waals surface area contributed by atoms with Crippen molar-refractivity contribution in [2.24, 2.45) is 0 Å². The number of halogens is 1. The van der Waals surface area contributed by atoms with Crippen molar-refractivity contribution in [2.75, 3.05) is 0 Å². The molecule has 1 aromatic heterocycles. The predicted molar refractivity (Wildman–Crippen MR) is 76.3 cm³/mol. The Morgan fingerprint density at radius 2 is 2.05 bits per heavy atom.